The van der Waals surface area contributed by atoms with E-state index in [1.54, 1.807) is 58.8 Å². The Hall–Kier alpha value is -6.46. The number of hydrogen-bond acceptors (Lipinski definition) is 8. The highest BCUT2D eigenvalue weighted by Gasteiger charge is 2.40. The molecule has 322 valence electrons. The number of carboxylic acid groups (broad SMARTS) is 1. The van der Waals surface area contributed by atoms with Gasteiger partial charge >= 0.3 is 12.2 Å². The molecular weight excluding hydrogens is 793 g/mol. The number of nitrogens with zero attached hydrogens (tertiary/aromatic N) is 6. The molecule has 0 aliphatic carbocycles. The maximum absolute atomic E-state index is 16.6. The molecule has 3 aliphatic rings. The van der Waals surface area contributed by atoms with E-state index in [-0.39, 0.29) is 58.8 Å². The van der Waals surface area contributed by atoms with Crippen molar-refractivity contribution in [1.29, 1.82) is 0 Å². The van der Waals surface area contributed by atoms with Crippen LogP contribution in [-0.4, -0.2) is 108 Å². The lowest BCUT2D eigenvalue weighted by Crippen LogP contribution is -2.51. The predicted molar refractivity (Wildman–Crippen MR) is 219 cm³/mol. The van der Waals surface area contributed by atoms with E-state index in [0.717, 1.165) is 11.3 Å². The number of methoxy groups -OCH3 is 1. The molecule has 0 bridgehead atoms. The normalized spacial score (nSPS) is 18.3. The van der Waals surface area contributed by atoms with Crippen LogP contribution in [0.25, 0.3) is 44.7 Å². The van der Waals surface area contributed by atoms with Crippen molar-refractivity contribution in [2.45, 2.75) is 84.3 Å². The van der Waals surface area contributed by atoms with Crippen LogP contribution in [0.1, 0.15) is 77.1 Å². The summed E-state index contributed by atoms with van der Waals surface area (Å²) in [7, 11) is 2.64. The summed E-state index contributed by atoms with van der Waals surface area (Å²) >= 11 is 0. The molecule has 0 radical (unpaired) electrons. The van der Waals surface area contributed by atoms with E-state index in [1.165, 1.54) is 20.2 Å². The molecule has 61 heavy (non-hydrogen) atoms. The molecular formula is C43H49F2N9O7. The van der Waals surface area contributed by atoms with Gasteiger partial charge in [0.05, 0.1) is 59.7 Å². The average Bonchev–Trinajstić information content (AvgIpc) is 4.09. The second-order valence-electron chi connectivity index (χ2n) is 16.6. The lowest BCUT2D eigenvalue weighted by atomic mass is 10.0. The summed E-state index contributed by atoms with van der Waals surface area (Å²) in [6, 6.07) is 5.76. The Labute approximate surface area is 350 Å². The molecule has 0 spiro atoms. The van der Waals surface area contributed by atoms with Crippen LogP contribution in [-0.2, 0) is 21.1 Å². The molecule has 16 nitrogen and oxygen atoms in total. The lowest BCUT2D eigenvalue weighted by Gasteiger charge is -2.33. The first-order valence-electron chi connectivity index (χ1n) is 20.5. The number of nitrogens with one attached hydrogen (secondary N) is 3. The molecule has 3 aromatic heterocycles. The van der Waals surface area contributed by atoms with E-state index >= 15 is 8.78 Å². The molecule has 18 heteroatoms. The van der Waals surface area contributed by atoms with E-state index in [2.05, 4.69) is 25.3 Å². The van der Waals surface area contributed by atoms with E-state index in [4.69, 9.17) is 9.47 Å². The number of rotatable bonds is 10. The Morgan fingerprint density at radius 3 is 2.11 bits per heavy atom. The van der Waals surface area contributed by atoms with E-state index < -0.39 is 41.9 Å². The van der Waals surface area contributed by atoms with E-state index in [1.807, 2.05) is 19.9 Å². The minimum Gasteiger partial charge on any atom is -0.472 e. The zero-order valence-electron chi connectivity index (χ0n) is 34.8. The number of likely N-dealkylation sites (tertiary alicyclic amines) is 2. The smallest absolute Gasteiger partial charge is 0.407 e. The number of amides is 4. The maximum atomic E-state index is 16.6. The fraction of sp³-hybridized carbons (Fsp3) is 0.442. The third kappa shape index (κ3) is 7.30. The van der Waals surface area contributed by atoms with Crippen LogP contribution >= 0.6 is 0 Å². The van der Waals surface area contributed by atoms with Crippen molar-refractivity contribution in [2.24, 2.45) is 11.8 Å². The average molecular weight is 842 g/mol. The van der Waals surface area contributed by atoms with Gasteiger partial charge in [-0.25, -0.2) is 28.3 Å². The van der Waals surface area contributed by atoms with Gasteiger partial charge in [0, 0.05) is 36.7 Å². The Bertz CT molecular complexity index is 2530. The van der Waals surface area contributed by atoms with Gasteiger partial charge in [0.25, 0.3) is 0 Å². The minimum absolute atomic E-state index is 0.0176. The molecule has 3 aliphatic heterocycles. The summed E-state index contributed by atoms with van der Waals surface area (Å²) in [4.78, 5) is 71.3. The monoisotopic (exact) mass is 841 g/mol. The number of alkyl carbamates (subject to hydrolysis) is 1. The zero-order valence-corrected chi connectivity index (χ0v) is 34.8. The molecule has 2 fully saturated rings. The summed E-state index contributed by atoms with van der Waals surface area (Å²) in [5, 5.41) is 12.5. The Morgan fingerprint density at radius 1 is 0.902 bits per heavy atom. The van der Waals surface area contributed by atoms with E-state index in [0.29, 0.717) is 72.0 Å². The molecule has 2 aromatic carbocycles. The van der Waals surface area contributed by atoms with Crippen LogP contribution in [0.5, 0.6) is 5.75 Å². The Balaban J connectivity index is 1.04. The predicted octanol–water partition coefficient (Wildman–Crippen LogP) is 7.06. The van der Waals surface area contributed by atoms with E-state index in [9.17, 15) is 24.3 Å². The summed E-state index contributed by atoms with van der Waals surface area (Å²) in [5.74, 6) is -1.05. The van der Waals surface area contributed by atoms with Gasteiger partial charge in [-0.05, 0) is 61.8 Å². The number of H-pyrrole nitrogens is 2. The highest BCUT2D eigenvalue weighted by atomic mass is 19.1. The van der Waals surface area contributed by atoms with Crippen LogP contribution in [0, 0.1) is 23.5 Å². The summed E-state index contributed by atoms with van der Waals surface area (Å²) in [6.45, 7) is 8.19. The number of fused-ring (bicyclic) bond motifs is 5. The molecule has 5 aromatic rings. The topological polar surface area (TPSA) is 191 Å². The molecule has 6 heterocycles. The SMILES string of the molecule is COC(=O)N[C@H](C(=O)N1CCC[C@H]1c1ncc(-c2ccc3c(c2)c(F)c2n3COc3cc(-c4cnc([C@@H]5CCCN5C(=O)[C@H](C(C)C)N(C)C(=O)O)[nH]4)cc(F)c3-2)[nH]1)C(C)C. The Morgan fingerprint density at radius 2 is 1.52 bits per heavy atom. The quantitative estimate of drug-likeness (QED) is 0.114. The number of carbonyl (C=O) groups excluding carboxylic acids is 3. The Kier molecular flexibility index (Phi) is 11.0. The number of imidazole rings is 2. The zero-order chi connectivity index (χ0) is 43.4. The van der Waals surface area contributed by atoms with Crippen molar-refractivity contribution in [1.82, 2.24) is 44.5 Å². The third-order valence-corrected chi connectivity index (χ3v) is 12.2. The number of ether oxygens (including phenoxy) is 2. The van der Waals surface area contributed by atoms with Crippen molar-refractivity contribution in [3.8, 4) is 39.5 Å². The minimum atomic E-state index is -1.19. The third-order valence-electron chi connectivity index (χ3n) is 12.2. The summed E-state index contributed by atoms with van der Waals surface area (Å²) in [5.41, 5.74) is 2.69. The summed E-state index contributed by atoms with van der Waals surface area (Å²) < 4.78 is 45.3. The van der Waals surface area contributed by atoms with Gasteiger partial charge < -0.3 is 44.2 Å². The van der Waals surface area contributed by atoms with Crippen molar-refractivity contribution < 1.29 is 42.5 Å². The number of aromatic nitrogens is 5. The van der Waals surface area contributed by atoms with Gasteiger partial charge in [-0.1, -0.05) is 33.8 Å². The molecule has 0 saturated carbocycles. The maximum Gasteiger partial charge on any atom is 0.407 e. The largest absolute Gasteiger partial charge is 0.472 e. The lowest BCUT2D eigenvalue weighted by molar-refractivity contribution is -0.138. The fourth-order valence-corrected chi connectivity index (χ4v) is 9.07. The molecule has 4 N–H and O–H groups in total. The van der Waals surface area contributed by atoms with Crippen molar-refractivity contribution in [2.75, 3.05) is 27.2 Å². The number of benzene rings is 2. The highest BCUT2D eigenvalue weighted by Crippen LogP contribution is 2.45. The van der Waals surface area contributed by atoms with Gasteiger partial charge in [-0.2, -0.15) is 0 Å². The van der Waals surface area contributed by atoms with Gasteiger partial charge in [0.2, 0.25) is 11.8 Å². The molecule has 0 unspecified atom stereocenters. The van der Waals surface area contributed by atoms with Gasteiger partial charge in [-0.15, -0.1) is 0 Å². The number of likely N-dealkylation sites (N-methyl/N-ethyl adjacent to an activating group) is 1. The van der Waals surface area contributed by atoms with Crippen molar-refractivity contribution in [3.05, 3.63) is 66.0 Å². The van der Waals surface area contributed by atoms with Crippen LogP contribution in [0.4, 0.5) is 18.4 Å². The summed E-state index contributed by atoms with van der Waals surface area (Å²) in [6.07, 6.45) is 4.07. The van der Waals surface area contributed by atoms with Crippen LogP contribution < -0.4 is 10.1 Å². The van der Waals surface area contributed by atoms with Crippen molar-refractivity contribution >= 4 is 34.9 Å². The standard InChI is InChI=1S/C43H49F2N9O7/c1-21(2)35(50-42(57)60-6)40(55)52-13-7-9-30(52)38-46-18-27(48-38)23-11-12-29-25(15-23)34(45)37-33-26(44)16-24(17-32(33)61-20-54(29)37)28-19-47-39(49-28)31-10-8-14-53(31)41(56)36(22(3)4)51(5)43(58)59/h11-12,15-19,21-22,30-31,35-36H,7-10,13-14,20H2,1-6H3,(H,46,48)(H,47,49)(H,50,57)(H,58,59)/t30-,31-,35-,36-/m0/s1. The first-order chi connectivity index (χ1) is 29.2. The van der Waals surface area contributed by atoms with Crippen molar-refractivity contribution in [3.63, 3.8) is 0 Å². The highest BCUT2D eigenvalue weighted by molar-refractivity contribution is 5.93. The second-order valence-corrected chi connectivity index (χ2v) is 16.6. The molecule has 2 saturated heterocycles. The molecule has 4 amide bonds. The number of hydrogen-bond donors (Lipinski definition) is 4. The van der Waals surface area contributed by atoms with Crippen LogP contribution in [0.3, 0.4) is 0 Å². The van der Waals surface area contributed by atoms with Gasteiger partial charge in [0.15, 0.2) is 12.5 Å². The molecule has 4 atom stereocenters. The fourth-order valence-electron chi connectivity index (χ4n) is 9.07. The van der Waals surface area contributed by atoms with Gasteiger partial charge in [0.1, 0.15) is 35.3 Å². The first-order valence-corrected chi connectivity index (χ1v) is 20.5. The first kappa shape index (κ1) is 41.3. The van der Waals surface area contributed by atoms with Gasteiger partial charge in [-0.3, -0.25) is 14.5 Å². The second kappa shape index (κ2) is 16.2. The number of halogens is 2. The van der Waals surface area contributed by atoms with Crippen LogP contribution in [0.2, 0.25) is 0 Å². The number of aromatic amines is 2. The van der Waals surface area contributed by atoms with Crippen LogP contribution in [0.15, 0.2) is 42.7 Å². The molecule has 8 rings (SSSR count). The number of carbonyl (C=O) groups is 4.